The lowest BCUT2D eigenvalue weighted by Crippen LogP contribution is -2.35. The molecular weight excluding hydrogens is 454 g/mol. The van der Waals surface area contributed by atoms with Gasteiger partial charge in [0.1, 0.15) is 5.75 Å². The van der Waals surface area contributed by atoms with Crippen LogP contribution in [0.15, 0.2) is 65.4 Å². The third-order valence-corrected chi connectivity index (χ3v) is 6.20. The Hall–Kier alpha value is -2.86. The van der Waals surface area contributed by atoms with Crippen LogP contribution < -0.4 is 10.1 Å². The number of nitrogens with zero attached hydrogens (tertiary/aromatic N) is 2. The number of aryl methyl sites for hydroxylation is 1. The fourth-order valence-electron chi connectivity index (χ4n) is 3.70. The summed E-state index contributed by atoms with van der Waals surface area (Å²) in [5.74, 6) is 0.610. The number of methoxy groups -OCH3 is 1. The summed E-state index contributed by atoms with van der Waals surface area (Å²) < 4.78 is 6.24. The molecule has 1 aromatic heterocycles. The molecule has 1 N–H and O–H groups in total. The van der Waals surface area contributed by atoms with Crippen LogP contribution in [0.2, 0.25) is 0 Å². The average Bonchev–Trinajstić information content (AvgIpc) is 3.52. The van der Waals surface area contributed by atoms with Gasteiger partial charge in [0.2, 0.25) is 0 Å². The first-order valence-corrected chi connectivity index (χ1v) is 11.1. The number of ether oxygens (including phenoxy) is 1. The van der Waals surface area contributed by atoms with Gasteiger partial charge in [0.15, 0.2) is 0 Å². The number of aromatic nitrogens is 1. The highest BCUT2D eigenvalue weighted by molar-refractivity contribution is 9.10. The predicted octanol–water partition coefficient (Wildman–Crippen LogP) is 5.18. The van der Waals surface area contributed by atoms with Crippen LogP contribution in [-0.4, -0.2) is 36.5 Å². The molecule has 1 saturated carbocycles. The van der Waals surface area contributed by atoms with E-state index in [2.05, 4.69) is 62.6 Å². The van der Waals surface area contributed by atoms with E-state index in [0.29, 0.717) is 11.3 Å². The minimum Gasteiger partial charge on any atom is -0.497 e. The third-order valence-electron chi connectivity index (χ3n) is 5.75. The molecule has 160 valence electrons. The van der Waals surface area contributed by atoms with Crippen LogP contribution in [0, 0.1) is 6.92 Å². The number of likely N-dealkylation sites (N-methyl/N-ethyl adjacent to an activating group) is 1. The number of hydrogen-bond acceptors (Lipinski definition) is 4. The van der Waals surface area contributed by atoms with Gasteiger partial charge in [0, 0.05) is 35.2 Å². The van der Waals surface area contributed by atoms with Gasteiger partial charge in [-0.05, 0) is 73.5 Å². The molecule has 1 aliphatic heterocycles. The molecule has 2 heterocycles. The van der Waals surface area contributed by atoms with Gasteiger partial charge in [-0.15, -0.1) is 0 Å². The van der Waals surface area contributed by atoms with E-state index < -0.39 is 0 Å². The van der Waals surface area contributed by atoms with Crippen LogP contribution in [0.3, 0.4) is 0 Å². The predicted molar refractivity (Wildman–Crippen MR) is 127 cm³/mol. The molecule has 0 bridgehead atoms. The van der Waals surface area contributed by atoms with Crippen molar-refractivity contribution in [1.82, 2.24) is 15.2 Å². The Bertz CT molecular complexity index is 1150. The first-order valence-electron chi connectivity index (χ1n) is 10.3. The molecule has 0 saturated heterocycles. The zero-order chi connectivity index (χ0) is 22.0. The third kappa shape index (κ3) is 4.59. The molecule has 0 spiro atoms. The molecule has 0 radical (unpaired) electrons. The van der Waals surface area contributed by atoms with E-state index in [-0.39, 0.29) is 11.4 Å². The summed E-state index contributed by atoms with van der Waals surface area (Å²) >= 11 is 3.58. The highest BCUT2D eigenvalue weighted by Gasteiger charge is 2.47. The molecule has 2 aromatic carbocycles. The second kappa shape index (κ2) is 8.71. The van der Waals surface area contributed by atoms with Gasteiger partial charge in [0.25, 0.3) is 5.91 Å². The fourth-order valence-corrected chi connectivity index (χ4v) is 4.15. The number of halogens is 1. The number of fused-ring (bicyclic) bond motifs is 1. The second-order valence-corrected chi connectivity index (χ2v) is 8.98. The summed E-state index contributed by atoms with van der Waals surface area (Å²) in [6, 6.07) is 13.7. The van der Waals surface area contributed by atoms with E-state index in [1.54, 1.807) is 19.4 Å². The monoisotopic (exact) mass is 479 g/mol. The number of amides is 1. The highest BCUT2D eigenvalue weighted by atomic mass is 79.9. The summed E-state index contributed by atoms with van der Waals surface area (Å²) in [6.45, 7) is 3.08. The normalized spacial score (nSPS) is 15.5. The van der Waals surface area contributed by atoms with E-state index in [0.717, 1.165) is 45.9 Å². The van der Waals surface area contributed by atoms with Crippen molar-refractivity contribution in [2.24, 2.45) is 0 Å². The van der Waals surface area contributed by atoms with Crippen molar-refractivity contribution in [2.45, 2.75) is 25.3 Å². The van der Waals surface area contributed by atoms with E-state index in [4.69, 9.17) is 4.74 Å². The minimum absolute atomic E-state index is 0.0732. The van der Waals surface area contributed by atoms with E-state index in [9.17, 15) is 4.79 Å². The highest BCUT2D eigenvalue weighted by Crippen LogP contribution is 2.48. The lowest BCUT2D eigenvalue weighted by atomic mass is 9.98. The van der Waals surface area contributed by atoms with Crippen LogP contribution in [0.5, 0.6) is 5.75 Å². The summed E-state index contributed by atoms with van der Waals surface area (Å²) in [4.78, 5) is 19.6. The maximum absolute atomic E-state index is 13.0. The average molecular weight is 480 g/mol. The van der Waals surface area contributed by atoms with Crippen LogP contribution in [0.25, 0.3) is 10.9 Å². The zero-order valence-electron chi connectivity index (χ0n) is 18.0. The number of nitrogens with one attached hydrogen (secondary N) is 1. The SMILES string of the molecule is CN1C=CC1.COc1ccc(C)c(C(=O)NC2(c3cc(Br)cc4ncccc34)CC2)c1. The van der Waals surface area contributed by atoms with Gasteiger partial charge >= 0.3 is 0 Å². The van der Waals surface area contributed by atoms with Crippen molar-refractivity contribution >= 4 is 32.7 Å². The molecule has 1 amide bonds. The first kappa shape index (κ1) is 21.4. The summed E-state index contributed by atoms with van der Waals surface area (Å²) in [6.07, 6.45) is 7.81. The molecule has 5 nitrogen and oxygen atoms in total. The Kier molecular flexibility index (Phi) is 6.01. The fraction of sp³-hybridized carbons (Fsp3) is 0.280. The molecule has 0 atom stereocenters. The topological polar surface area (TPSA) is 54.5 Å². The van der Waals surface area contributed by atoms with Crippen molar-refractivity contribution in [1.29, 1.82) is 0 Å². The number of pyridine rings is 1. The van der Waals surface area contributed by atoms with Gasteiger partial charge < -0.3 is 15.0 Å². The number of hydrogen-bond donors (Lipinski definition) is 1. The molecular formula is C25H26BrN3O2. The molecule has 3 aromatic rings. The molecule has 1 aliphatic carbocycles. The van der Waals surface area contributed by atoms with E-state index in [1.165, 1.54) is 0 Å². The van der Waals surface area contributed by atoms with E-state index in [1.807, 2.05) is 31.2 Å². The van der Waals surface area contributed by atoms with Crippen molar-refractivity contribution in [3.63, 3.8) is 0 Å². The van der Waals surface area contributed by atoms with Crippen LogP contribution >= 0.6 is 15.9 Å². The van der Waals surface area contributed by atoms with Crippen molar-refractivity contribution in [3.05, 3.63) is 82.1 Å². The lowest BCUT2D eigenvalue weighted by molar-refractivity contribution is 0.0930. The van der Waals surface area contributed by atoms with Gasteiger partial charge in [-0.2, -0.15) is 0 Å². The number of carbonyl (C=O) groups is 1. The first-order chi connectivity index (χ1) is 14.9. The van der Waals surface area contributed by atoms with Gasteiger partial charge in [-0.3, -0.25) is 9.78 Å². The Labute approximate surface area is 191 Å². The molecule has 31 heavy (non-hydrogen) atoms. The van der Waals surface area contributed by atoms with Crippen LogP contribution in [0.4, 0.5) is 0 Å². The molecule has 6 heteroatoms. The standard InChI is InChI=1S/C21H19BrN2O2.C4H7N/c1-13-5-6-15(26-2)12-17(13)20(25)24-21(7-8-21)18-10-14(22)11-19-16(18)4-3-9-23-19;1-5-3-2-4-5/h3-6,9-12H,7-8H2,1-2H3,(H,24,25);2-3H,4H2,1H3. The smallest absolute Gasteiger partial charge is 0.252 e. The number of benzene rings is 2. The Morgan fingerprint density at radius 1 is 1.23 bits per heavy atom. The van der Waals surface area contributed by atoms with E-state index >= 15 is 0 Å². The van der Waals surface area contributed by atoms with Gasteiger partial charge in [0.05, 0.1) is 18.2 Å². The summed E-state index contributed by atoms with van der Waals surface area (Å²) in [5, 5.41) is 4.35. The maximum Gasteiger partial charge on any atom is 0.252 e. The Morgan fingerprint density at radius 2 is 1.97 bits per heavy atom. The second-order valence-electron chi connectivity index (χ2n) is 8.06. The molecule has 0 unspecified atom stereocenters. The Balaban J connectivity index is 0.000000407. The van der Waals surface area contributed by atoms with Crippen molar-refractivity contribution in [2.75, 3.05) is 20.7 Å². The lowest BCUT2D eigenvalue weighted by Gasteiger charge is -2.21. The molecule has 2 aliphatic rings. The summed E-state index contributed by atoms with van der Waals surface area (Å²) in [5.41, 5.74) is 3.28. The zero-order valence-corrected chi connectivity index (χ0v) is 19.6. The molecule has 5 rings (SSSR count). The largest absolute Gasteiger partial charge is 0.497 e. The number of rotatable bonds is 4. The van der Waals surface area contributed by atoms with Gasteiger partial charge in [-0.1, -0.05) is 28.1 Å². The quantitative estimate of drug-likeness (QED) is 0.559. The maximum atomic E-state index is 13.0. The van der Waals surface area contributed by atoms with Gasteiger partial charge in [-0.25, -0.2) is 0 Å². The molecule has 1 fully saturated rings. The Morgan fingerprint density at radius 3 is 2.58 bits per heavy atom. The summed E-state index contributed by atoms with van der Waals surface area (Å²) in [7, 11) is 3.66. The van der Waals surface area contributed by atoms with Crippen molar-refractivity contribution in [3.8, 4) is 5.75 Å². The van der Waals surface area contributed by atoms with Crippen LogP contribution in [0.1, 0.15) is 34.3 Å². The van der Waals surface area contributed by atoms with Crippen molar-refractivity contribution < 1.29 is 9.53 Å². The minimum atomic E-state index is -0.336. The van der Waals surface area contributed by atoms with Crippen LogP contribution in [-0.2, 0) is 5.54 Å². The number of carbonyl (C=O) groups excluding carboxylic acids is 1.